The molecule has 1 unspecified atom stereocenters. The van der Waals surface area contributed by atoms with Crippen LogP contribution in [0.5, 0.6) is 0 Å². The SMILES string of the molecule is Cc1ccc2c(c1[NH+]([O-])O)C(=O)c1ccccc1C2=O. The van der Waals surface area contributed by atoms with Gasteiger partial charge in [0.15, 0.2) is 11.5 Å². The summed E-state index contributed by atoms with van der Waals surface area (Å²) < 4.78 is 0. The minimum atomic E-state index is -1.19. The standard InChI is InChI=1S/C15H11NO4/c1-8-6-7-11-12(13(8)16(19)20)15(18)10-5-3-2-4-9(10)14(11)17/h2-7,16,19H,1H3. The summed E-state index contributed by atoms with van der Waals surface area (Å²) >= 11 is 0. The van der Waals surface area contributed by atoms with E-state index in [1.54, 1.807) is 37.3 Å². The number of carbonyl (C=O) groups excluding carboxylic acids is 2. The lowest BCUT2D eigenvalue weighted by atomic mass is 9.82. The molecular weight excluding hydrogens is 258 g/mol. The van der Waals surface area contributed by atoms with E-state index in [0.717, 1.165) is 0 Å². The fraction of sp³-hybridized carbons (Fsp3) is 0.0667. The van der Waals surface area contributed by atoms with Crippen LogP contribution in [-0.2, 0) is 0 Å². The maximum Gasteiger partial charge on any atom is 0.200 e. The van der Waals surface area contributed by atoms with Crippen LogP contribution in [0.2, 0.25) is 0 Å². The monoisotopic (exact) mass is 269 g/mol. The largest absolute Gasteiger partial charge is 0.595 e. The average molecular weight is 269 g/mol. The molecule has 20 heavy (non-hydrogen) atoms. The van der Waals surface area contributed by atoms with Crippen molar-refractivity contribution >= 4 is 17.3 Å². The summed E-state index contributed by atoms with van der Waals surface area (Å²) in [5.41, 5.74) is 1.13. The molecule has 0 aliphatic heterocycles. The van der Waals surface area contributed by atoms with Gasteiger partial charge in [-0.2, -0.15) is 5.23 Å². The number of carbonyl (C=O) groups is 2. The smallest absolute Gasteiger partial charge is 0.200 e. The van der Waals surface area contributed by atoms with Crippen molar-refractivity contribution in [3.8, 4) is 0 Å². The van der Waals surface area contributed by atoms with Gasteiger partial charge in [0.1, 0.15) is 0 Å². The van der Waals surface area contributed by atoms with Crippen molar-refractivity contribution in [1.82, 2.24) is 0 Å². The highest BCUT2D eigenvalue weighted by atomic mass is 16.8. The van der Waals surface area contributed by atoms with E-state index in [-0.39, 0.29) is 28.2 Å². The Morgan fingerprint density at radius 2 is 1.55 bits per heavy atom. The Bertz CT molecular complexity index is 750. The lowest BCUT2D eigenvalue weighted by molar-refractivity contribution is -0.991. The summed E-state index contributed by atoms with van der Waals surface area (Å²) in [6, 6.07) is 9.55. The highest BCUT2D eigenvalue weighted by molar-refractivity contribution is 6.29. The highest BCUT2D eigenvalue weighted by Crippen LogP contribution is 2.32. The number of hydrogen-bond donors (Lipinski definition) is 2. The van der Waals surface area contributed by atoms with Gasteiger partial charge < -0.3 is 5.21 Å². The predicted molar refractivity (Wildman–Crippen MR) is 70.3 cm³/mol. The zero-order valence-corrected chi connectivity index (χ0v) is 10.6. The molecule has 1 aliphatic rings. The molecule has 0 amide bonds. The van der Waals surface area contributed by atoms with Crippen molar-refractivity contribution in [3.05, 3.63) is 69.4 Å². The number of aryl methyl sites for hydroxylation is 1. The second kappa shape index (κ2) is 4.35. The van der Waals surface area contributed by atoms with Crippen molar-refractivity contribution in [2.75, 3.05) is 0 Å². The minimum Gasteiger partial charge on any atom is -0.595 e. The predicted octanol–water partition coefficient (Wildman–Crippen LogP) is 1.17. The van der Waals surface area contributed by atoms with Gasteiger partial charge in [-0.25, -0.2) is 5.21 Å². The second-order valence-electron chi connectivity index (χ2n) is 4.69. The van der Waals surface area contributed by atoms with Crippen molar-refractivity contribution in [2.24, 2.45) is 0 Å². The van der Waals surface area contributed by atoms with Crippen molar-refractivity contribution < 1.29 is 20.0 Å². The van der Waals surface area contributed by atoms with Gasteiger partial charge in [0.05, 0.1) is 5.56 Å². The van der Waals surface area contributed by atoms with Crippen LogP contribution in [0.4, 0.5) is 5.69 Å². The van der Waals surface area contributed by atoms with Gasteiger partial charge in [-0.05, 0) is 13.0 Å². The van der Waals surface area contributed by atoms with Crippen LogP contribution in [0.15, 0.2) is 36.4 Å². The molecule has 3 rings (SSSR count). The van der Waals surface area contributed by atoms with Crippen molar-refractivity contribution in [1.29, 1.82) is 0 Å². The molecule has 2 N–H and O–H groups in total. The Labute approximate surface area is 114 Å². The highest BCUT2D eigenvalue weighted by Gasteiger charge is 2.34. The maximum atomic E-state index is 12.5. The average Bonchev–Trinajstić information content (AvgIpc) is 2.44. The summed E-state index contributed by atoms with van der Waals surface area (Å²) in [7, 11) is 0. The number of ketones is 2. The Balaban J connectivity index is 2.37. The first-order valence-electron chi connectivity index (χ1n) is 6.07. The summed E-state index contributed by atoms with van der Waals surface area (Å²) in [5, 5.41) is 19.5. The van der Waals surface area contributed by atoms with E-state index in [0.29, 0.717) is 11.1 Å². The van der Waals surface area contributed by atoms with Gasteiger partial charge in [-0.1, -0.05) is 30.3 Å². The zero-order chi connectivity index (χ0) is 14.4. The molecular formula is C15H11NO4. The lowest BCUT2D eigenvalue weighted by Crippen LogP contribution is -2.99. The molecule has 0 spiro atoms. The van der Waals surface area contributed by atoms with Crippen LogP contribution in [0.3, 0.4) is 0 Å². The number of rotatable bonds is 1. The van der Waals surface area contributed by atoms with Crippen LogP contribution < -0.4 is 5.23 Å². The molecule has 2 aromatic carbocycles. The summed E-state index contributed by atoms with van der Waals surface area (Å²) in [6.45, 7) is 1.61. The van der Waals surface area contributed by atoms with Crippen LogP contribution >= 0.6 is 0 Å². The van der Waals surface area contributed by atoms with E-state index in [9.17, 15) is 20.0 Å². The molecule has 0 saturated heterocycles. The molecule has 2 aromatic rings. The zero-order valence-electron chi connectivity index (χ0n) is 10.6. The Hall–Kier alpha value is -2.34. The Kier molecular flexibility index (Phi) is 2.76. The molecule has 0 radical (unpaired) electrons. The summed E-state index contributed by atoms with van der Waals surface area (Å²) in [5.74, 6) is -0.714. The molecule has 0 fully saturated rings. The first kappa shape index (κ1) is 12.7. The fourth-order valence-corrected chi connectivity index (χ4v) is 2.57. The van der Waals surface area contributed by atoms with Crippen LogP contribution in [-0.4, -0.2) is 16.8 Å². The van der Waals surface area contributed by atoms with Crippen molar-refractivity contribution in [3.63, 3.8) is 0 Å². The minimum absolute atomic E-state index is 0.00111. The second-order valence-corrected chi connectivity index (χ2v) is 4.69. The van der Waals surface area contributed by atoms with Crippen molar-refractivity contribution in [2.45, 2.75) is 6.92 Å². The third-order valence-corrected chi connectivity index (χ3v) is 3.52. The van der Waals surface area contributed by atoms with E-state index in [1.807, 2.05) is 0 Å². The third kappa shape index (κ3) is 1.61. The van der Waals surface area contributed by atoms with E-state index >= 15 is 0 Å². The third-order valence-electron chi connectivity index (χ3n) is 3.52. The first-order valence-corrected chi connectivity index (χ1v) is 6.07. The number of quaternary nitrogens is 1. The summed E-state index contributed by atoms with van der Waals surface area (Å²) in [6.07, 6.45) is 0. The van der Waals surface area contributed by atoms with Crippen LogP contribution in [0.25, 0.3) is 0 Å². The van der Waals surface area contributed by atoms with Crippen LogP contribution in [0, 0.1) is 12.1 Å². The van der Waals surface area contributed by atoms with Gasteiger partial charge >= 0.3 is 0 Å². The fourth-order valence-electron chi connectivity index (χ4n) is 2.57. The molecule has 100 valence electrons. The molecule has 0 saturated carbocycles. The van der Waals surface area contributed by atoms with E-state index in [4.69, 9.17) is 0 Å². The molecule has 1 aliphatic carbocycles. The van der Waals surface area contributed by atoms with E-state index < -0.39 is 11.0 Å². The quantitative estimate of drug-likeness (QED) is 0.650. The molecule has 5 nitrogen and oxygen atoms in total. The normalized spacial score (nSPS) is 14.8. The first-order chi connectivity index (χ1) is 9.52. The Morgan fingerprint density at radius 1 is 0.950 bits per heavy atom. The van der Waals surface area contributed by atoms with E-state index in [2.05, 4.69) is 0 Å². The molecule has 0 bridgehead atoms. The molecule has 1 atom stereocenters. The molecule has 0 heterocycles. The van der Waals surface area contributed by atoms with Gasteiger partial charge in [0, 0.05) is 22.3 Å². The van der Waals surface area contributed by atoms with Gasteiger partial charge in [-0.15, -0.1) is 0 Å². The number of nitrogens with one attached hydrogen (secondary N) is 1. The van der Waals surface area contributed by atoms with E-state index in [1.165, 1.54) is 6.07 Å². The van der Waals surface area contributed by atoms with Gasteiger partial charge in [0.2, 0.25) is 5.78 Å². The number of fused-ring (bicyclic) bond motifs is 2. The Morgan fingerprint density at radius 3 is 2.15 bits per heavy atom. The lowest BCUT2D eigenvalue weighted by Gasteiger charge is -2.23. The number of hydrogen-bond acceptors (Lipinski definition) is 4. The molecule has 0 aromatic heterocycles. The topological polar surface area (TPSA) is 81.9 Å². The van der Waals surface area contributed by atoms with Gasteiger partial charge in [0.25, 0.3) is 0 Å². The van der Waals surface area contributed by atoms with Gasteiger partial charge in [-0.3, -0.25) is 9.59 Å². The van der Waals surface area contributed by atoms with Crippen LogP contribution in [0.1, 0.15) is 37.4 Å². The maximum absolute atomic E-state index is 12.5. The molecule has 5 heteroatoms. The summed E-state index contributed by atoms with van der Waals surface area (Å²) in [4.78, 5) is 24.9. The number of benzene rings is 2.